The molecular formula is C11H8BrN3S2. The average molecular weight is 326 g/mol. The smallest absolute Gasteiger partial charge is 0.184 e. The highest BCUT2D eigenvalue weighted by Gasteiger charge is 2.04. The summed E-state index contributed by atoms with van der Waals surface area (Å²) in [6, 6.07) is 6.11. The lowest BCUT2D eigenvalue weighted by Crippen LogP contribution is -1.97. The molecule has 0 saturated heterocycles. The summed E-state index contributed by atoms with van der Waals surface area (Å²) in [5.41, 5.74) is 1.03. The number of hydrogen-bond donors (Lipinski definition) is 1. The van der Waals surface area contributed by atoms with Crippen molar-refractivity contribution in [1.29, 1.82) is 0 Å². The molecule has 86 valence electrons. The highest BCUT2D eigenvalue weighted by Crippen LogP contribution is 2.28. The van der Waals surface area contributed by atoms with E-state index in [0.29, 0.717) is 0 Å². The summed E-state index contributed by atoms with van der Waals surface area (Å²) < 4.78 is 2.26. The van der Waals surface area contributed by atoms with Gasteiger partial charge in [0.2, 0.25) is 0 Å². The van der Waals surface area contributed by atoms with Crippen LogP contribution in [0.1, 0.15) is 5.01 Å². The minimum absolute atomic E-state index is 0.735. The van der Waals surface area contributed by atoms with E-state index in [9.17, 15) is 0 Å². The molecule has 0 spiro atoms. The molecule has 1 aromatic carbocycles. The lowest BCUT2D eigenvalue weighted by Gasteiger charge is -1.96. The highest BCUT2D eigenvalue weighted by molar-refractivity contribution is 9.10. The molecule has 3 aromatic rings. The second kappa shape index (κ2) is 4.72. The van der Waals surface area contributed by atoms with Crippen molar-refractivity contribution in [1.82, 2.24) is 9.97 Å². The van der Waals surface area contributed by atoms with Gasteiger partial charge in [-0.1, -0.05) is 27.3 Å². The Kier molecular flexibility index (Phi) is 3.09. The van der Waals surface area contributed by atoms with E-state index < -0.39 is 0 Å². The molecule has 3 nitrogen and oxygen atoms in total. The normalized spacial score (nSPS) is 10.9. The number of nitrogens with zero attached hydrogens (tertiary/aromatic N) is 2. The van der Waals surface area contributed by atoms with Gasteiger partial charge in [0.05, 0.1) is 16.8 Å². The van der Waals surface area contributed by atoms with Crippen LogP contribution in [-0.4, -0.2) is 9.97 Å². The molecule has 0 aliphatic carbocycles. The number of nitrogens with one attached hydrogen (secondary N) is 1. The Morgan fingerprint density at radius 1 is 1.35 bits per heavy atom. The SMILES string of the molecule is Brc1ccc2nc(NCc3nccs3)sc2c1. The van der Waals surface area contributed by atoms with Gasteiger partial charge in [0.25, 0.3) is 0 Å². The molecule has 0 radical (unpaired) electrons. The topological polar surface area (TPSA) is 37.8 Å². The Hall–Kier alpha value is -0.980. The number of halogens is 1. The maximum Gasteiger partial charge on any atom is 0.184 e. The van der Waals surface area contributed by atoms with Gasteiger partial charge < -0.3 is 5.32 Å². The van der Waals surface area contributed by atoms with Crippen molar-refractivity contribution in [3.05, 3.63) is 39.3 Å². The lowest BCUT2D eigenvalue weighted by molar-refractivity contribution is 1.10. The van der Waals surface area contributed by atoms with Gasteiger partial charge in [-0.3, -0.25) is 0 Å². The number of anilines is 1. The van der Waals surface area contributed by atoms with E-state index in [-0.39, 0.29) is 0 Å². The van der Waals surface area contributed by atoms with Crippen molar-refractivity contribution >= 4 is 54.0 Å². The second-order valence-corrected chi connectivity index (χ2v) is 6.34. The zero-order valence-corrected chi connectivity index (χ0v) is 11.9. The van der Waals surface area contributed by atoms with Gasteiger partial charge in [-0.25, -0.2) is 9.97 Å². The van der Waals surface area contributed by atoms with Crippen molar-refractivity contribution in [3.8, 4) is 0 Å². The Bertz CT molecular complexity index is 633. The van der Waals surface area contributed by atoms with Crippen molar-refractivity contribution in [2.24, 2.45) is 0 Å². The van der Waals surface area contributed by atoms with E-state index in [1.54, 1.807) is 22.7 Å². The molecule has 0 atom stereocenters. The standard InChI is InChI=1S/C11H8BrN3S2/c12-7-1-2-8-9(5-7)17-11(15-8)14-6-10-13-3-4-16-10/h1-5H,6H2,(H,14,15). The lowest BCUT2D eigenvalue weighted by atomic mass is 10.3. The molecule has 2 heterocycles. The van der Waals surface area contributed by atoms with Gasteiger partial charge >= 0.3 is 0 Å². The molecule has 0 bridgehead atoms. The summed E-state index contributed by atoms with van der Waals surface area (Å²) in [7, 11) is 0. The number of benzene rings is 1. The minimum atomic E-state index is 0.735. The van der Waals surface area contributed by atoms with E-state index in [1.165, 1.54) is 4.70 Å². The maximum absolute atomic E-state index is 4.52. The van der Waals surface area contributed by atoms with E-state index in [4.69, 9.17) is 0 Å². The molecule has 0 amide bonds. The van der Waals surface area contributed by atoms with E-state index in [1.807, 2.05) is 23.7 Å². The Labute approximate surface area is 115 Å². The Balaban J connectivity index is 1.81. The van der Waals surface area contributed by atoms with Crippen LogP contribution < -0.4 is 5.32 Å². The predicted molar refractivity (Wildman–Crippen MR) is 76.8 cm³/mol. The van der Waals surface area contributed by atoms with Crippen molar-refractivity contribution < 1.29 is 0 Å². The number of rotatable bonds is 3. The molecule has 0 unspecified atom stereocenters. The zero-order valence-electron chi connectivity index (χ0n) is 8.68. The molecule has 1 N–H and O–H groups in total. The molecule has 0 saturated carbocycles. The van der Waals surface area contributed by atoms with Crippen LogP contribution in [0.4, 0.5) is 5.13 Å². The second-order valence-electron chi connectivity index (χ2n) is 3.41. The summed E-state index contributed by atoms with van der Waals surface area (Å²) >= 11 is 6.77. The van der Waals surface area contributed by atoms with Crippen LogP contribution in [0, 0.1) is 0 Å². The van der Waals surface area contributed by atoms with Crippen molar-refractivity contribution in [2.75, 3.05) is 5.32 Å². The van der Waals surface area contributed by atoms with Crippen LogP contribution in [0.15, 0.2) is 34.2 Å². The Morgan fingerprint density at radius 2 is 2.29 bits per heavy atom. The minimum Gasteiger partial charge on any atom is -0.355 e. The van der Waals surface area contributed by atoms with Crippen LogP contribution in [0.2, 0.25) is 0 Å². The van der Waals surface area contributed by atoms with E-state index in [2.05, 4.69) is 37.3 Å². The summed E-state index contributed by atoms with van der Waals surface area (Å²) in [4.78, 5) is 8.74. The fraction of sp³-hybridized carbons (Fsp3) is 0.0909. The van der Waals surface area contributed by atoms with Gasteiger partial charge in [-0.2, -0.15) is 0 Å². The van der Waals surface area contributed by atoms with Gasteiger partial charge in [-0.05, 0) is 18.2 Å². The first-order valence-corrected chi connectivity index (χ1v) is 7.48. The number of thiazole rings is 2. The van der Waals surface area contributed by atoms with Crippen LogP contribution in [0.3, 0.4) is 0 Å². The van der Waals surface area contributed by atoms with Gasteiger partial charge in [0.1, 0.15) is 5.01 Å². The number of aromatic nitrogens is 2. The number of fused-ring (bicyclic) bond motifs is 1. The first-order chi connectivity index (χ1) is 8.31. The fourth-order valence-corrected chi connectivity index (χ4v) is 3.43. The molecular weight excluding hydrogens is 318 g/mol. The van der Waals surface area contributed by atoms with Crippen molar-refractivity contribution in [2.45, 2.75) is 6.54 Å². The van der Waals surface area contributed by atoms with Crippen molar-refractivity contribution in [3.63, 3.8) is 0 Å². The third kappa shape index (κ3) is 2.48. The summed E-state index contributed by atoms with van der Waals surface area (Å²) in [6.45, 7) is 0.735. The van der Waals surface area contributed by atoms with Crippen LogP contribution in [0.5, 0.6) is 0 Å². The van der Waals surface area contributed by atoms with Gasteiger partial charge in [0, 0.05) is 16.0 Å². The Morgan fingerprint density at radius 3 is 3.12 bits per heavy atom. The van der Waals surface area contributed by atoms with Gasteiger partial charge in [-0.15, -0.1) is 11.3 Å². The van der Waals surface area contributed by atoms with Crippen LogP contribution in [-0.2, 0) is 6.54 Å². The first-order valence-electron chi connectivity index (χ1n) is 4.99. The van der Waals surface area contributed by atoms with Crippen LogP contribution >= 0.6 is 38.6 Å². The molecule has 0 fully saturated rings. The molecule has 2 aromatic heterocycles. The quantitative estimate of drug-likeness (QED) is 0.786. The summed E-state index contributed by atoms with van der Waals surface area (Å²) in [6.07, 6.45) is 1.82. The molecule has 3 rings (SSSR count). The molecule has 0 aliphatic rings. The highest BCUT2D eigenvalue weighted by atomic mass is 79.9. The van der Waals surface area contributed by atoms with Gasteiger partial charge in [0.15, 0.2) is 5.13 Å². The fourth-order valence-electron chi connectivity index (χ4n) is 1.47. The summed E-state index contributed by atoms with van der Waals surface area (Å²) in [5.74, 6) is 0. The molecule has 17 heavy (non-hydrogen) atoms. The van der Waals surface area contributed by atoms with E-state index >= 15 is 0 Å². The monoisotopic (exact) mass is 325 g/mol. The maximum atomic E-state index is 4.52. The number of hydrogen-bond acceptors (Lipinski definition) is 5. The third-order valence-electron chi connectivity index (χ3n) is 2.22. The zero-order chi connectivity index (χ0) is 11.7. The third-order valence-corrected chi connectivity index (χ3v) is 4.47. The van der Waals surface area contributed by atoms with Crippen LogP contribution in [0.25, 0.3) is 10.2 Å². The molecule has 6 heteroatoms. The average Bonchev–Trinajstić information content (AvgIpc) is 2.94. The summed E-state index contributed by atoms with van der Waals surface area (Å²) in [5, 5.41) is 7.29. The largest absolute Gasteiger partial charge is 0.355 e. The predicted octanol–water partition coefficient (Wildman–Crippen LogP) is 4.13. The molecule has 0 aliphatic heterocycles. The first kappa shape index (κ1) is 11.1. The van der Waals surface area contributed by atoms with E-state index in [0.717, 1.165) is 26.7 Å².